The summed E-state index contributed by atoms with van der Waals surface area (Å²) in [6.07, 6.45) is 3.04. The van der Waals surface area contributed by atoms with Crippen molar-refractivity contribution in [3.05, 3.63) is 0 Å². The molecule has 1 aliphatic heterocycles. The van der Waals surface area contributed by atoms with E-state index in [1.54, 1.807) is 4.90 Å². The molecule has 1 aliphatic rings. The highest BCUT2D eigenvalue weighted by Gasteiger charge is 2.37. The van der Waals surface area contributed by atoms with Crippen LogP contribution in [0, 0.1) is 22.7 Å². The Morgan fingerprint density at radius 3 is 2.60 bits per heavy atom. The normalized spacial score (nSPS) is 19.2. The van der Waals surface area contributed by atoms with Crippen LogP contribution in [-0.2, 0) is 9.47 Å². The number of carbonyl (C=O) groups excluding carboxylic acids is 1. The zero-order valence-electron chi connectivity index (χ0n) is 12.9. The number of carbonyl (C=O) groups is 1. The van der Waals surface area contributed by atoms with Crippen molar-refractivity contribution >= 4 is 6.09 Å². The molecule has 0 aliphatic carbocycles. The molecule has 1 amide bonds. The third-order valence-corrected chi connectivity index (χ3v) is 4.09. The standard InChI is InChI=1S/C15H26N2O3/c1-4-20-10-5-13(2)11-15(12-16)6-8-17(9-7-15)14(18)19-3/h13H,4-11H2,1-3H3. The molecule has 0 N–H and O–H groups in total. The summed E-state index contributed by atoms with van der Waals surface area (Å²) in [5.74, 6) is 0.464. The van der Waals surface area contributed by atoms with Gasteiger partial charge in [0.1, 0.15) is 0 Å². The van der Waals surface area contributed by atoms with Crippen LogP contribution in [0.4, 0.5) is 4.79 Å². The van der Waals surface area contributed by atoms with Crippen LogP contribution in [-0.4, -0.2) is 44.4 Å². The van der Waals surface area contributed by atoms with Crippen molar-refractivity contribution in [2.45, 2.75) is 39.5 Å². The Kier molecular flexibility index (Phi) is 6.80. The van der Waals surface area contributed by atoms with E-state index < -0.39 is 0 Å². The first-order valence-electron chi connectivity index (χ1n) is 7.39. The molecule has 0 radical (unpaired) electrons. The third kappa shape index (κ3) is 4.68. The molecule has 1 heterocycles. The average Bonchev–Trinajstić information content (AvgIpc) is 2.47. The van der Waals surface area contributed by atoms with Crippen molar-refractivity contribution in [1.82, 2.24) is 4.90 Å². The summed E-state index contributed by atoms with van der Waals surface area (Å²) < 4.78 is 10.1. The van der Waals surface area contributed by atoms with Gasteiger partial charge < -0.3 is 14.4 Å². The van der Waals surface area contributed by atoms with Crippen LogP contribution in [0.3, 0.4) is 0 Å². The second kappa shape index (κ2) is 8.11. The second-order valence-electron chi connectivity index (χ2n) is 5.64. The largest absolute Gasteiger partial charge is 0.453 e. The maximum absolute atomic E-state index is 11.5. The zero-order valence-corrected chi connectivity index (χ0v) is 12.9. The average molecular weight is 282 g/mol. The minimum atomic E-state index is -0.295. The van der Waals surface area contributed by atoms with E-state index >= 15 is 0 Å². The van der Waals surface area contributed by atoms with Gasteiger partial charge in [-0.3, -0.25) is 0 Å². The van der Waals surface area contributed by atoms with Crippen LogP contribution in [0.15, 0.2) is 0 Å². The molecule has 1 atom stereocenters. The SMILES string of the molecule is CCOCCC(C)CC1(C#N)CCN(C(=O)OC)CC1. The van der Waals surface area contributed by atoms with Gasteiger partial charge in [0.2, 0.25) is 0 Å². The number of methoxy groups -OCH3 is 1. The maximum atomic E-state index is 11.5. The summed E-state index contributed by atoms with van der Waals surface area (Å²) in [5, 5.41) is 9.53. The molecular weight excluding hydrogens is 256 g/mol. The topological polar surface area (TPSA) is 62.6 Å². The molecular formula is C15H26N2O3. The van der Waals surface area contributed by atoms with E-state index in [0.29, 0.717) is 19.0 Å². The summed E-state index contributed by atoms with van der Waals surface area (Å²) in [4.78, 5) is 13.1. The van der Waals surface area contributed by atoms with Crippen LogP contribution in [0.2, 0.25) is 0 Å². The molecule has 0 aromatic rings. The summed E-state index contributed by atoms with van der Waals surface area (Å²) in [7, 11) is 1.39. The fraction of sp³-hybridized carbons (Fsp3) is 0.867. The fourth-order valence-electron chi connectivity index (χ4n) is 2.81. The molecule has 0 aromatic carbocycles. The van der Waals surface area contributed by atoms with Crippen LogP contribution in [0.5, 0.6) is 0 Å². The third-order valence-electron chi connectivity index (χ3n) is 4.09. The van der Waals surface area contributed by atoms with Crippen molar-refractivity contribution in [1.29, 1.82) is 5.26 Å². The minimum Gasteiger partial charge on any atom is -0.453 e. The number of likely N-dealkylation sites (tertiary alicyclic amines) is 1. The summed E-state index contributed by atoms with van der Waals surface area (Å²) in [5.41, 5.74) is -0.295. The Morgan fingerprint density at radius 2 is 2.10 bits per heavy atom. The first-order chi connectivity index (χ1) is 9.56. The van der Waals surface area contributed by atoms with Gasteiger partial charge in [0, 0.05) is 26.3 Å². The van der Waals surface area contributed by atoms with E-state index in [4.69, 9.17) is 9.47 Å². The maximum Gasteiger partial charge on any atom is 0.409 e. The van der Waals surface area contributed by atoms with E-state index in [9.17, 15) is 10.1 Å². The molecule has 5 nitrogen and oxygen atoms in total. The van der Waals surface area contributed by atoms with E-state index in [-0.39, 0.29) is 11.5 Å². The quantitative estimate of drug-likeness (QED) is 0.703. The fourth-order valence-corrected chi connectivity index (χ4v) is 2.81. The molecule has 0 aromatic heterocycles. The summed E-state index contributed by atoms with van der Waals surface area (Å²) in [6.45, 7) is 6.88. The number of hydrogen-bond donors (Lipinski definition) is 0. The zero-order chi connectivity index (χ0) is 15.0. The number of rotatable bonds is 6. The van der Waals surface area contributed by atoms with Gasteiger partial charge in [0.05, 0.1) is 18.6 Å². The first-order valence-corrected chi connectivity index (χ1v) is 7.39. The molecule has 1 unspecified atom stereocenters. The van der Waals surface area contributed by atoms with Crippen molar-refractivity contribution in [3.63, 3.8) is 0 Å². The Bertz CT molecular complexity index is 344. The Balaban J connectivity index is 2.46. The van der Waals surface area contributed by atoms with Crippen LogP contribution in [0.25, 0.3) is 0 Å². The predicted octanol–water partition coefficient (Wildman–Crippen LogP) is 2.81. The van der Waals surface area contributed by atoms with Gasteiger partial charge in [-0.05, 0) is 38.5 Å². The van der Waals surface area contributed by atoms with E-state index in [2.05, 4.69) is 13.0 Å². The van der Waals surface area contributed by atoms with Crippen LogP contribution < -0.4 is 0 Å². The van der Waals surface area contributed by atoms with Gasteiger partial charge in [-0.2, -0.15) is 5.26 Å². The van der Waals surface area contributed by atoms with E-state index in [0.717, 1.165) is 38.9 Å². The number of nitrogens with zero attached hydrogens (tertiary/aromatic N) is 2. The molecule has 0 spiro atoms. The second-order valence-corrected chi connectivity index (χ2v) is 5.64. The molecule has 1 fully saturated rings. The van der Waals surface area contributed by atoms with Crippen molar-refractivity contribution < 1.29 is 14.3 Å². The smallest absolute Gasteiger partial charge is 0.409 e. The highest BCUT2D eigenvalue weighted by Crippen LogP contribution is 2.38. The molecule has 0 saturated carbocycles. The van der Waals surface area contributed by atoms with Gasteiger partial charge in [0.25, 0.3) is 0 Å². The van der Waals surface area contributed by atoms with Crippen molar-refractivity contribution in [3.8, 4) is 6.07 Å². The predicted molar refractivity (Wildman–Crippen MR) is 76.1 cm³/mol. The van der Waals surface area contributed by atoms with E-state index in [1.165, 1.54) is 7.11 Å². The van der Waals surface area contributed by atoms with Gasteiger partial charge in [-0.15, -0.1) is 0 Å². The number of hydrogen-bond acceptors (Lipinski definition) is 4. The number of piperidine rings is 1. The highest BCUT2D eigenvalue weighted by molar-refractivity contribution is 5.67. The Morgan fingerprint density at radius 1 is 1.45 bits per heavy atom. The first kappa shape index (κ1) is 16.8. The van der Waals surface area contributed by atoms with Gasteiger partial charge in [-0.25, -0.2) is 4.79 Å². The van der Waals surface area contributed by atoms with E-state index in [1.807, 2.05) is 6.92 Å². The Hall–Kier alpha value is -1.28. The highest BCUT2D eigenvalue weighted by atomic mass is 16.5. The molecule has 20 heavy (non-hydrogen) atoms. The molecule has 1 rings (SSSR count). The number of ether oxygens (including phenoxy) is 2. The molecule has 5 heteroatoms. The van der Waals surface area contributed by atoms with Crippen molar-refractivity contribution in [2.24, 2.45) is 11.3 Å². The molecule has 0 bridgehead atoms. The van der Waals surface area contributed by atoms with Crippen LogP contribution in [0.1, 0.15) is 39.5 Å². The lowest BCUT2D eigenvalue weighted by Crippen LogP contribution is -2.43. The van der Waals surface area contributed by atoms with Gasteiger partial charge >= 0.3 is 6.09 Å². The number of nitriles is 1. The molecule has 1 saturated heterocycles. The number of amides is 1. The monoisotopic (exact) mass is 282 g/mol. The van der Waals surface area contributed by atoms with Gasteiger partial charge in [0.15, 0.2) is 0 Å². The molecule has 114 valence electrons. The summed E-state index contributed by atoms with van der Waals surface area (Å²) >= 11 is 0. The van der Waals surface area contributed by atoms with Crippen LogP contribution >= 0.6 is 0 Å². The Labute approximate surface area is 121 Å². The lowest BCUT2D eigenvalue weighted by Gasteiger charge is -2.37. The lowest BCUT2D eigenvalue weighted by molar-refractivity contribution is 0.0824. The minimum absolute atomic E-state index is 0.291. The lowest BCUT2D eigenvalue weighted by atomic mass is 9.73. The summed E-state index contributed by atoms with van der Waals surface area (Å²) in [6, 6.07) is 2.50. The van der Waals surface area contributed by atoms with Gasteiger partial charge in [-0.1, -0.05) is 6.92 Å². The van der Waals surface area contributed by atoms with Crippen molar-refractivity contribution in [2.75, 3.05) is 33.4 Å².